The Morgan fingerprint density at radius 3 is 2.46 bits per heavy atom. The number of fused-ring (bicyclic) bond motifs is 1. The first kappa shape index (κ1) is 32.9. The highest BCUT2D eigenvalue weighted by Crippen LogP contribution is 2.31. The number of hydrogen-bond donors (Lipinski definition) is 3. The lowest BCUT2D eigenvalue weighted by atomic mass is 10.1. The van der Waals surface area contributed by atoms with Gasteiger partial charge in [0, 0.05) is 74.4 Å². The largest absolute Gasteiger partial charge is 0.481 e. The van der Waals surface area contributed by atoms with Crippen LogP contribution >= 0.6 is 0 Å². The first-order valence-corrected chi connectivity index (χ1v) is 16.1. The molecule has 1 fully saturated rings. The van der Waals surface area contributed by atoms with Crippen molar-refractivity contribution in [2.75, 3.05) is 43.4 Å². The smallest absolute Gasteiger partial charge is 0.305 e. The van der Waals surface area contributed by atoms with Crippen LogP contribution in [0.4, 0.5) is 26.2 Å². The van der Waals surface area contributed by atoms with Crippen LogP contribution in [0.15, 0.2) is 60.9 Å². The number of aliphatic carboxylic acids is 1. The van der Waals surface area contributed by atoms with E-state index in [1.165, 1.54) is 6.07 Å². The number of nitrogens with one attached hydrogen (secondary N) is 2. The summed E-state index contributed by atoms with van der Waals surface area (Å²) in [6.07, 6.45) is 2.68. The molecule has 1 aliphatic heterocycles. The molecular weight excluding hydrogens is 616 g/mol. The molecule has 4 heterocycles. The number of rotatable bonds is 12. The number of carboxylic acids is 1. The minimum Gasteiger partial charge on any atom is -0.481 e. The molecule has 1 unspecified atom stereocenters. The Bertz CT molecular complexity index is 1910. The van der Waals surface area contributed by atoms with Gasteiger partial charge < -0.3 is 25.2 Å². The number of carbonyl (C=O) groups is 1. The van der Waals surface area contributed by atoms with Gasteiger partial charge in [-0.15, -0.1) is 0 Å². The number of likely N-dealkylation sites (N-methyl/N-ethyl adjacent to an activating group) is 1. The van der Waals surface area contributed by atoms with Crippen LogP contribution in [0.25, 0.3) is 22.3 Å². The third-order valence-corrected chi connectivity index (χ3v) is 8.71. The molecule has 0 aliphatic carbocycles. The van der Waals surface area contributed by atoms with Gasteiger partial charge in [0.25, 0.3) is 0 Å². The third kappa shape index (κ3) is 7.42. The molecule has 0 saturated carbocycles. The van der Waals surface area contributed by atoms with Crippen LogP contribution in [-0.4, -0.2) is 78.1 Å². The third-order valence-electron chi connectivity index (χ3n) is 8.71. The van der Waals surface area contributed by atoms with E-state index in [1.807, 2.05) is 30.5 Å². The highest BCUT2D eigenvalue weighted by Gasteiger charge is 2.22. The highest BCUT2D eigenvalue weighted by molar-refractivity contribution is 5.83. The molecule has 1 aliphatic rings. The number of imidazole rings is 1. The Morgan fingerprint density at radius 1 is 0.979 bits per heavy atom. The summed E-state index contributed by atoms with van der Waals surface area (Å²) in [5.74, 6) is -1.40. The van der Waals surface area contributed by atoms with E-state index in [-0.39, 0.29) is 29.1 Å². The van der Waals surface area contributed by atoms with Crippen molar-refractivity contribution in [1.29, 1.82) is 0 Å². The van der Waals surface area contributed by atoms with Crippen molar-refractivity contribution < 1.29 is 18.7 Å². The van der Waals surface area contributed by atoms with E-state index in [4.69, 9.17) is 0 Å². The maximum Gasteiger partial charge on any atom is 0.305 e. The van der Waals surface area contributed by atoms with Crippen LogP contribution in [0.1, 0.15) is 43.3 Å². The maximum atomic E-state index is 15.3. The summed E-state index contributed by atoms with van der Waals surface area (Å²) in [4.78, 5) is 33.7. The summed E-state index contributed by atoms with van der Waals surface area (Å²) in [7, 11) is 0. The Kier molecular flexibility index (Phi) is 9.88. The molecular formula is C35H39F2N9O2. The van der Waals surface area contributed by atoms with Gasteiger partial charge in [-0.25, -0.2) is 28.7 Å². The van der Waals surface area contributed by atoms with Crippen LogP contribution in [-0.2, 0) is 17.9 Å². The van der Waals surface area contributed by atoms with Crippen LogP contribution in [0.2, 0.25) is 0 Å². The molecule has 6 rings (SSSR count). The van der Waals surface area contributed by atoms with Crippen LogP contribution in [0, 0.1) is 18.6 Å². The predicted octanol–water partition coefficient (Wildman–Crippen LogP) is 6.00. The molecule has 0 amide bonds. The Labute approximate surface area is 277 Å². The Hall–Kier alpha value is -5.01. The lowest BCUT2D eigenvalue weighted by molar-refractivity contribution is -0.137. The molecule has 5 aromatic rings. The van der Waals surface area contributed by atoms with Gasteiger partial charge in [-0.3, -0.25) is 9.69 Å². The van der Waals surface area contributed by atoms with Crippen molar-refractivity contribution in [2.24, 2.45) is 0 Å². The fourth-order valence-electron chi connectivity index (χ4n) is 6.19. The van der Waals surface area contributed by atoms with Gasteiger partial charge in [-0.05, 0) is 38.1 Å². The lowest BCUT2D eigenvalue weighted by Gasteiger charge is -2.34. The number of halogens is 2. The van der Waals surface area contributed by atoms with Crippen LogP contribution in [0.3, 0.4) is 0 Å². The maximum absolute atomic E-state index is 15.3. The first-order valence-electron chi connectivity index (χ1n) is 16.1. The van der Waals surface area contributed by atoms with Crippen molar-refractivity contribution in [3.8, 4) is 11.3 Å². The monoisotopic (exact) mass is 655 g/mol. The number of carboxylic acid groups (broad SMARTS) is 1. The summed E-state index contributed by atoms with van der Waals surface area (Å²) in [6, 6.07) is 14.3. The number of anilines is 3. The number of hydrogen-bond acceptors (Lipinski definition) is 9. The van der Waals surface area contributed by atoms with E-state index in [1.54, 1.807) is 24.5 Å². The summed E-state index contributed by atoms with van der Waals surface area (Å²) in [5.41, 5.74) is 3.58. The van der Waals surface area contributed by atoms with Crippen molar-refractivity contribution in [2.45, 2.75) is 46.3 Å². The number of aromatic nitrogens is 5. The van der Waals surface area contributed by atoms with Crippen LogP contribution in [0.5, 0.6) is 0 Å². The number of pyridine rings is 1. The fraction of sp³-hybridized carbons (Fsp3) is 0.343. The zero-order chi connectivity index (χ0) is 33.8. The zero-order valence-corrected chi connectivity index (χ0v) is 27.2. The van der Waals surface area contributed by atoms with Crippen molar-refractivity contribution in [3.63, 3.8) is 0 Å². The molecule has 48 heavy (non-hydrogen) atoms. The average Bonchev–Trinajstić information content (AvgIpc) is 3.42. The highest BCUT2D eigenvalue weighted by atomic mass is 19.1. The number of aryl methyl sites for hydroxylation is 1. The molecule has 1 saturated heterocycles. The van der Waals surface area contributed by atoms with Gasteiger partial charge in [0.2, 0.25) is 5.95 Å². The van der Waals surface area contributed by atoms with Gasteiger partial charge >= 0.3 is 5.97 Å². The van der Waals surface area contributed by atoms with E-state index in [2.05, 4.69) is 59.4 Å². The second kappa shape index (κ2) is 14.4. The fourth-order valence-corrected chi connectivity index (χ4v) is 6.19. The van der Waals surface area contributed by atoms with E-state index < -0.39 is 23.6 Å². The molecule has 0 spiro atoms. The van der Waals surface area contributed by atoms with Gasteiger partial charge in [0.05, 0.1) is 18.1 Å². The van der Waals surface area contributed by atoms with E-state index >= 15 is 8.78 Å². The molecule has 0 radical (unpaired) electrons. The normalized spacial score (nSPS) is 14.7. The van der Waals surface area contributed by atoms with Crippen molar-refractivity contribution in [1.82, 2.24) is 34.3 Å². The zero-order valence-electron chi connectivity index (χ0n) is 27.2. The molecule has 250 valence electrons. The summed E-state index contributed by atoms with van der Waals surface area (Å²) in [5, 5.41) is 16.0. The van der Waals surface area contributed by atoms with Gasteiger partial charge in [-0.1, -0.05) is 37.3 Å². The lowest BCUT2D eigenvalue weighted by Crippen LogP contribution is -2.45. The van der Waals surface area contributed by atoms with E-state index in [9.17, 15) is 9.90 Å². The number of benzene rings is 2. The Balaban J connectivity index is 1.28. The number of nitrogens with zero attached hydrogens (tertiary/aromatic N) is 7. The molecule has 0 bridgehead atoms. The van der Waals surface area contributed by atoms with Gasteiger partial charge in [0.15, 0.2) is 11.6 Å². The van der Waals surface area contributed by atoms with Crippen molar-refractivity contribution in [3.05, 3.63) is 89.5 Å². The quantitative estimate of drug-likeness (QED) is 0.147. The minimum atomic E-state index is -0.993. The van der Waals surface area contributed by atoms with Crippen molar-refractivity contribution >= 4 is 34.5 Å². The van der Waals surface area contributed by atoms with Gasteiger partial charge in [-0.2, -0.15) is 0 Å². The minimum absolute atomic E-state index is 0.0772. The topological polar surface area (TPSA) is 124 Å². The summed E-state index contributed by atoms with van der Waals surface area (Å²) in [6.45, 7) is 12.0. The standard InChI is InChI=1S/C35H39F2N9O2/c1-4-44-10-12-45(13-11-44)21-26-19-39-31(17-29(26)38-18-24-8-6-5-7-9-24)42-35-40-20-28(37)33(43-35)25-15-27(36)34-30(16-25)46(23(3)41-34)22(2)14-32(47)48/h5-9,15-17,19-20,22H,4,10-14,18,21H2,1-3H3,(H,47,48)(H2,38,39,40,42,43). The Morgan fingerprint density at radius 2 is 1.73 bits per heavy atom. The second-order valence-electron chi connectivity index (χ2n) is 12.1. The van der Waals surface area contributed by atoms with E-state index in [0.717, 1.165) is 62.3 Å². The summed E-state index contributed by atoms with van der Waals surface area (Å²) >= 11 is 0. The average molecular weight is 656 g/mol. The predicted molar refractivity (Wildman–Crippen MR) is 181 cm³/mol. The molecule has 13 heteroatoms. The molecule has 3 aromatic heterocycles. The number of piperazine rings is 1. The molecule has 1 atom stereocenters. The van der Waals surface area contributed by atoms with Gasteiger partial charge in [0.1, 0.15) is 22.9 Å². The summed E-state index contributed by atoms with van der Waals surface area (Å²) < 4.78 is 32.2. The second-order valence-corrected chi connectivity index (χ2v) is 12.1. The van der Waals surface area contributed by atoms with Crippen LogP contribution < -0.4 is 10.6 Å². The SMILES string of the molecule is CCN1CCN(Cc2cnc(Nc3ncc(F)c(-c4cc(F)c5nc(C)n(C(C)CC(=O)O)c5c4)n3)cc2NCc2ccccc2)CC1. The molecule has 2 aromatic carbocycles. The van der Waals surface area contributed by atoms with E-state index in [0.29, 0.717) is 23.7 Å². The molecule has 11 nitrogen and oxygen atoms in total. The first-order chi connectivity index (χ1) is 23.2. The molecule has 3 N–H and O–H groups in total.